The second-order valence-corrected chi connectivity index (χ2v) is 5.30. The lowest BCUT2D eigenvalue weighted by Crippen LogP contribution is -2.23. The number of carbonyl (C=O) groups is 2. The zero-order chi connectivity index (χ0) is 15.0. The van der Waals surface area contributed by atoms with Crippen molar-refractivity contribution in [1.82, 2.24) is 0 Å². The Hall–Kier alpha value is -1.68. The summed E-state index contributed by atoms with van der Waals surface area (Å²) in [5.74, 6) is -0.0407. The standard InChI is InChI=1S/C16H23NO3/c1-12(2)14(8-15(18)10-17)9-16(19)20-11-13-6-4-3-5-7-13/h3-7,12,14H,8-11,17H2,1-2H3/t14-/m0/s1. The minimum absolute atomic E-state index is 0.00526. The summed E-state index contributed by atoms with van der Waals surface area (Å²) in [7, 11) is 0. The number of hydrogen-bond donors (Lipinski definition) is 1. The Bertz CT molecular complexity index is 429. The smallest absolute Gasteiger partial charge is 0.306 e. The van der Waals surface area contributed by atoms with Gasteiger partial charge in [-0.05, 0) is 17.4 Å². The van der Waals surface area contributed by atoms with Gasteiger partial charge in [0.15, 0.2) is 0 Å². The highest BCUT2D eigenvalue weighted by Crippen LogP contribution is 2.20. The summed E-state index contributed by atoms with van der Waals surface area (Å²) in [6.07, 6.45) is 0.602. The summed E-state index contributed by atoms with van der Waals surface area (Å²) >= 11 is 0. The molecule has 0 fully saturated rings. The lowest BCUT2D eigenvalue weighted by molar-refractivity contribution is -0.146. The molecule has 110 valence electrons. The van der Waals surface area contributed by atoms with E-state index in [1.807, 2.05) is 44.2 Å². The van der Waals surface area contributed by atoms with Crippen molar-refractivity contribution in [3.63, 3.8) is 0 Å². The Labute approximate surface area is 120 Å². The molecular formula is C16H23NO3. The fourth-order valence-electron chi connectivity index (χ4n) is 1.93. The maximum Gasteiger partial charge on any atom is 0.306 e. The average molecular weight is 277 g/mol. The lowest BCUT2D eigenvalue weighted by atomic mass is 9.88. The van der Waals surface area contributed by atoms with Crippen LogP contribution in [0.3, 0.4) is 0 Å². The number of nitrogens with two attached hydrogens (primary N) is 1. The second-order valence-electron chi connectivity index (χ2n) is 5.30. The minimum atomic E-state index is -0.266. The van der Waals surface area contributed by atoms with Gasteiger partial charge in [-0.25, -0.2) is 0 Å². The van der Waals surface area contributed by atoms with Crippen molar-refractivity contribution < 1.29 is 14.3 Å². The first-order chi connectivity index (χ1) is 9.52. The molecule has 0 heterocycles. The van der Waals surface area contributed by atoms with Gasteiger partial charge < -0.3 is 10.5 Å². The molecule has 0 unspecified atom stereocenters. The van der Waals surface area contributed by atoms with E-state index in [-0.39, 0.29) is 43.2 Å². The van der Waals surface area contributed by atoms with Crippen molar-refractivity contribution >= 4 is 11.8 Å². The number of ketones is 1. The van der Waals surface area contributed by atoms with Crippen LogP contribution in [0.5, 0.6) is 0 Å². The first-order valence-electron chi connectivity index (χ1n) is 6.94. The Morgan fingerprint density at radius 2 is 1.80 bits per heavy atom. The fourth-order valence-corrected chi connectivity index (χ4v) is 1.93. The number of ether oxygens (including phenoxy) is 1. The van der Waals surface area contributed by atoms with E-state index in [1.165, 1.54) is 0 Å². The third-order valence-corrected chi connectivity index (χ3v) is 3.33. The van der Waals surface area contributed by atoms with Crippen LogP contribution in [0.15, 0.2) is 30.3 Å². The third-order valence-electron chi connectivity index (χ3n) is 3.33. The zero-order valence-electron chi connectivity index (χ0n) is 12.2. The molecule has 0 aromatic heterocycles. The van der Waals surface area contributed by atoms with Crippen molar-refractivity contribution in [2.75, 3.05) is 6.54 Å². The van der Waals surface area contributed by atoms with Crippen molar-refractivity contribution in [1.29, 1.82) is 0 Å². The van der Waals surface area contributed by atoms with E-state index >= 15 is 0 Å². The lowest BCUT2D eigenvalue weighted by Gasteiger charge is -2.19. The van der Waals surface area contributed by atoms with Crippen LogP contribution in [0.25, 0.3) is 0 Å². The van der Waals surface area contributed by atoms with Crippen LogP contribution in [-0.2, 0) is 20.9 Å². The molecule has 0 radical (unpaired) electrons. The molecule has 0 bridgehead atoms. The van der Waals surface area contributed by atoms with E-state index in [4.69, 9.17) is 10.5 Å². The molecule has 1 aromatic carbocycles. The maximum absolute atomic E-state index is 11.8. The summed E-state index contributed by atoms with van der Waals surface area (Å²) in [6.45, 7) is 4.30. The number of benzene rings is 1. The van der Waals surface area contributed by atoms with Gasteiger partial charge in [-0.1, -0.05) is 44.2 Å². The van der Waals surface area contributed by atoms with Crippen LogP contribution < -0.4 is 5.73 Å². The number of hydrogen-bond acceptors (Lipinski definition) is 4. The van der Waals surface area contributed by atoms with E-state index in [0.29, 0.717) is 6.42 Å². The van der Waals surface area contributed by atoms with E-state index in [9.17, 15) is 9.59 Å². The molecule has 4 nitrogen and oxygen atoms in total. The van der Waals surface area contributed by atoms with E-state index in [2.05, 4.69) is 0 Å². The predicted molar refractivity (Wildman–Crippen MR) is 77.9 cm³/mol. The maximum atomic E-state index is 11.8. The normalized spacial score (nSPS) is 12.2. The van der Waals surface area contributed by atoms with Gasteiger partial charge in [0.05, 0.1) is 6.54 Å². The summed E-state index contributed by atoms with van der Waals surface area (Å²) in [6, 6.07) is 9.54. The summed E-state index contributed by atoms with van der Waals surface area (Å²) in [5, 5.41) is 0. The molecule has 1 atom stereocenters. The molecule has 0 amide bonds. The molecule has 2 N–H and O–H groups in total. The van der Waals surface area contributed by atoms with Crippen LogP contribution in [0, 0.1) is 11.8 Å². The fraction of sp³-hybridized carbons (Fsp3) is 0.500. The number of rotatable bonds is 8. The molecule has 0 saturated heterocycles. The van der Waals surface area contributed by atoms with Crippen LogP contribution >= 0.6 is 0 Å². The van der Waals surface area contributed by atoms with Gasteiger partial charge in [-0.15, -0.1) is 0 Å². The van der Waals surface area contributed by atoms with Crippen molar-refractivity contribution in [3.8, 4) is 0 Å². The van der Waals surface area contributed by atoms with Gasteiger partial charge in [0.25, 0.3) is 0 Å². The Kier molecular flexibility index (Phi) is 6.94. The van der Waals surface area contributed by atoms with Crippen molar-refractivity contribution in [2.45, 2.75) is 33.3 Å². The van der Waals surface area contributed by atoms with Crippen LogP contribution in [0.4, 0.5) is 0 Å². The molecule has 1 rings (SSSR count). The molecule has 20 heavy (non-hydrogen) atoms. The molecule has 0 aliphatic rings. The quantitative estimate of drug-likeness (QED) is 0.740. The Morgan fingerprint density at radius 3 is 2.35 bits per heavy atom. The first kappa shape index (κ1) is 16.4. The monoisotopic (exact) mass is 277 g/mol. The van der Waals surface area contributed by atoms with Crippen LogP contribution in [-0.4, -0.2) is 18.3 Å². The molecular weight excluding hydrogens is 254 g/mol. The topological polar surface area (TPSA) is 69.4 Å². The van der Waals surface area contributed by atoms with E-state index in [1.54, 1.807) is 0 Å². The summed E-state index contributed by atoms with van der Waals surface area (Å²) in [5.41, 5.74) is 6.28. The molecule has 0 aliphatic carbocycles. The first-order valence-corrected chi connectivity index (χ1v) is 6.94. The molecule has 0 spiro atoms. The minimum Gasteiger partial charge on any atom is -0.461 e. The van der Waals surface area contributed by atoms with Gasteiger partial charge in [0.1, 0.15) is 12.4 Å². The Balaban J connectivity index is 2.44. The predicted octanol–water partition coefficient (Wildman–Crippen LogP) is 2.31. The summed E-state index contributed by atoms with van der Waals surface area (Å²) in [4.78, 5) is 23.2. The number of carbonyl (C=O) groups excluding carboxylic acids is 2. The third kappa shape index (κ3) is 5.97. The zero-order valence-corrected chi connectivity index (χ0v) is 12.2. The Morgan fingerprint density at radius 1 is 1.15 bits per heavy atom. The van der Waals surface area contributed by atoms with Crippen LogP contribution in [0.1, 0.15) is 32.3 Å². The van der Waals surface area contributed by atoms with Gasteiger partial charge in [0.2, 0.25) is 0 Å². The SMILES string of the molecule is CC(C)[C@@H](CC(=O)CN)CC(=O)OCc1ccccc1. The highest BCUT2D eigenvalue weighted by atomic mass is 16.5. The van der Waals surface area contributed by atoms with Crippen molar-refractivity contribution in [2.24, 2.45) is 17.6 Å². The number of Topliss-reactive ketones (excluding diaryl/α,β-unsaturated/α-hetero) is 1. The van der Waals surface area contributed by atoms with Crippen molar-refractivity contribution in [3.05, 3.63) is 35.9 Å². The van der Waals surface area contributed by atoms with Gasteiger partial charge in [-0.2, -0.15) is 0 Å². The summed E-state index contributed by atoms with van der Waals surface area (Å²) < 4.78 is 5.24. The highest BCUT2D eigenvalue weighted by Gasteiger charge is 2.21. The number of esters is 1. The van der Waals surface area contributed by atoms with Gasteiger partial charge in [0, 0.05) is 12.8 Å². The molecule has 1 aromatic rings. The average Bonchev–Trinajstić information content (AvgIpc) is 2.45. The molecule has 0 saturated carbocycles. The molecule has 4 heteroatoms. The highest BCUT2D eigenvalue weighted by molar-refractivity contribution is 5.81. The van der Waals surface area contributed by atoms with Gasteiger partial charge >= 0.3 is 5.97 Å². The molecule has 0 aliphatic heterocycles. The van der Waals surface area contributed by atoms with E-state index in [0.717, 1.165) is 5.56 Å². The van der Waals surface area contributed by atoms with Gasteiger partial charge in [-0.3, -0.25) is 9.59 Å². The largest absolute Gasteiger partial charge is 0.461 e. The van der Waals surface area contributed by atoms with Crippen LogP contribution in [0.2, 0.25) is 0 Å². The second kappa shape index (κ2) is 8.48. The van der Waals surface area contributed by atoms with E-state index < -0.39 is 0 Å².